The Balaban J connectivity index is 1.29. The molecular weight excluding hydrogens is 430 g/mol. The molecule has 1 unspecified atom stereocenters. The third-order valence-electron chi connectivity index (χ3n) is 5.36. The zero-order valence-electron chi connectivity index (χ0n) is 17.9. The van der Waals surface area contributed by atoms with Gasteiger partial charge >= 0.3 is 0 Å². The summed E-state index contributed by atoms with van der Waals surface area (Å²) in [5.41, 5.74) is 7.53. The highest BCUT2D eigenvalue weighted by Crippen LogP contribution is 2.32. The first-order valence-electron chi connectivity index (χ1n) is 10.5. The fourth-order valence-electron chi connectivity index (χ4n) is 3.68. The first-order valence-corrected chi connectivity index (χ1v) is 10.5. The third-order valence-corrected chi connectivity index (χ3v) is 5.36. The van der Waals surface area contributed by atoms with E-state index in [-0.39, 0.29) is 25.6 Å². The highest BCUT2D eigenvalue weighted by Gasteiger charge is 2.44. The molecule has 1 fully saturated rings. The molecule has 5 atom stereocenters. The highest BCUT2D eigenvalue weighted by atomic mass is 16.6. The number of nitrogens with zero attached hydrogens (tertiary/aromatic N) is 4. The average molecular weight is 457 g/mol. The Morgan fingerprint density at radius 2 is 2.00 bits per heavy atom. The van der Waals surface area contributed by atoms with Gasteiger partial charge in [0, 0.05) is 0 Å². The van der Waals surface area contributed by atoms with Gasteiger partial charge in [0.05, 0.1) is 19.5 Å². The summed E-state index contributed by atoms with van der Waals surface area (Å²) in [6.07, 6.45) is 0.0773. The van der Waals surface area contributed by atoms with Crippen LogP contribution in [0.25, 0.3) is 11.2 Å². The van der Waals surface area contributed by atoms with Crippen LogP contribution in [0.3, 0.4) is 0 Å². The van der Waals surface area contributed by atoms with Crippen LogP contribution in [0.2, 0.25) is 0 Å². The van der Waals surface area contributed by atoms with E-state index in [0.717, 1.165) is 5.56 Å². The molecule has 3 heterocycles. The summed E-state index contributed by atoms with van der Waals surface area (Å²) < 4.78 is 18.5. The molecule has 0 amide bonds. The van der Waals surface area contributed by atoms with Crippen LogP contribution in [0.5, 0.6) is 5.75 Å². The van der Waals surface area contributed by atoms with Crippen molar-refractivity contribution in [3.05, 3.63) is 55.1 Å². The summed E-state index contributed by atoms with van der Waals surface area (Å²) >= 11 is 0. The predicted octanol–water partition coefficient (Wildman–Crippen LogP) is 0.213. The Labute approximate surface area is 190 Å². The summed E-state index contributed by atoms with van der Waals surface area (Å²) in [5.74, 6) is 0.879. The molecule has 5 N–H and O–H groups in total. The number of rotatable bonds is 10. The van der Waals surface area contributed by atoms with E-state index in [1.54, 1.807) is 6.08 Å². The Kier molecular flexibility index (Phi) is 7.16. The van der Waals surface area contributed by atoms with Gasteiger partial charge in [-0.3, -0.25) is 4.57 Å². The molecule has 0 aliphatic carbocycles. The Hall–Kier alpha value is -3.09. The first kappa shape index (κ1) is 23.1. The topological polar surface area (TPSA) is 158 Å². The smallest absolute Gasteiger partial charge is 0.167 e. The van der Waals surface area contributed by atoms with Crippen molar-refractivity contribution in [2.45, 2.75) is 37.1 Å². The monoisotopic (exact) mass is 457 g/mol. The zero-order chi connectivity index (χ0) is 23.4. The summed E-state index contributed by atoms with van der Waals surface area (Å²) in [6.45, 7) is 3.70. The summed E-state index contributed by atoms with van der Waals surface area (Å²) in [7, 11) is 0. The van der Waals surface area contributed by atoms with Crippen LogP contribution in [0.1, 0.15) is 11.8 Å². The van der Waals surface area contributed by atoms with E-state index in [4.69, 9.17) is 19.9 Å². The van der Waals surface area contributed by atoms with Crippen molar-refractivity contribution in [3.63, 3.8) is 0 Å². The van der Waals surface area contributed by atoms with Gasteiger partial charge in [0.25, 0.3) is 0 Å². The normalized spacial score (nSPS) is 23.6. The summed E-state index contributed by atoms with van der Waals surface area (Å²) in [6, 6.07) is 7.53. The van der Waals surface area contributed by atoms with Crippen LogP contribution in [-0.2, 0) is 15.9 Å². The third kappa shape index (κ3) is 4.97. The van der Waals surface area contributed by atoms with Crippen LogP contribution in [0, 0.1) is 0 Å². The van der Waals surface area contributed by atoms with Gasteiger partial charge in [-0.25, -0.2) is 15.0 Å². The molecule has 1 aliphatic rings. The van der Waals surface area contributed by atoms with Crippen LogP contribution >= 0.6 is 0 Å². The molecule has 3 aromatic rings. The minimum atomic E-state index is -1.23. The molecular formula is C22H27N5O6. The molecule has 1 aromatic carbocycles. The number of aliphatic hydroxyl groups excluding tert-OH is 3. The zero-order valence-corrected chi connectivity index (χ0v) is 17.9. The number of aromatic nitrogens is 4. The van der Waals surface area contributed by atoms with Crippen molar-refractivity contribution < 1.29 is 29.5 Å². The lowest BCUT2D eigenvalue weighted by molar-refractivity contribution is -0.0786. The average Bonchev–Trinajstić information content (AvgIpc) is 3.36. The maximum absolute atomic E-state index is 10.5. The van der Waals surface area contributed by atoms with Gasteiger partial charge in [0.2, 0.25) is 0 Å². The quantitative estimate of drug-likeness (QED) is 0.310. The maximum Gasteiger partial charge on any atom is 0.167 e. The molecule has 0 spiro atoms. The van der Waals surface area contributed by atoms with Crippen molar-refractivity contribution in [2.75, 3.05) is 25.6 Å². The van der Waals surface area contributed by atoms with E-state index in [1.807, 2.05) is 24.3 Å². The molecule has 0 saturated carbocycles. The van der Waals surface area contributed by atoms with Gasteiger partial charge in [0.15, 0.2) is 17.7 Å². The molecule has 0 bridgehead atoms. The van der Waals surface area contributed by atoms with Crippen LogP contribution in [-0.4, -0.2) is 79.1 Å². The Bertz CT molecular complexity index is 1090. The van der Waals surface area contributed by atoms with Crippen LogP contribution < -0.4 is 10.5 Å². The van der Waals surface area contributed by atoms with Crippen molar-refractivity contribution in [3.8, 4) is 5.75 Å². The number of imidazole rings is 1. The minimum absolute atomic E-state index is 0.0330. The second-order valence-electron chi connectivity index (χ2n) is 7.73. The molecule has 2 aromatic heterocycles. The van der Waals surface area contributed by atoms with Gasteiger partial charge in [-0.1, -0.05) is 24.3 Å². The first-order chi connectivity index (χ1) is 16.0. The molecule has 0 radical (unpaired) electrons. The molecule has 4 rings (SSSR count). The molecule has 176 valence electrons. The fourth-order valence-corrected chi connectivity index (χ4v) is 3.68. The molecule has 33 heavy (non-hydrogen) atoms. The number of ether oxygens (including phenoxy) is 3. The summed E-state index contributed by atoms with van der Waals surface area (Å²) in [5, 5.41) is 31.1. The van der Waals surface area contributed by atoms with Gasteiger partial charge < -0.3 is 35.3 Å². The number of anilines is 1. The Morgan fingerprint density at radius 1 is 1.18 bits per heavy atom. The number of benzene rings is 1. The SMILES string of the molecule is C=CCc1ccccc1OCC(O)COC[C@H]1O[C@@H](n2cnc3c(N)ncnc32)[C@H](O)[C@@H]1O. The number of para-hydroxylation sites is 1. The number of allylic oxidation sites excluding steroid dienone is 1. The predicted molar refractivity (Wildman–Crippen MR) is 118 cm³/mol. The number of hydrogen-bond donors (Lipinski definition) is 4. The van der Waals surface area contributed by atoms with E-state index < -0.39 is 30.6 Å². The maximum atomic E-state index is 10.5. The number of hydrogen-bond acceptors (Lipinski definition) is 10. The van der Waals surface area contributed by atoms with Crippen LogP contribution in [0.4, 0.5) is 5.82 Å². The highest BCUT2D eigenvalue weighted by molar-refractivity contribution is 5.81. The second kappa shape index (κ2) is 10.2. The van der Waals surface area contributed by atoms with Crippen molar-refractivity contribution in [1.82, 2.24) is 19.5 Å². The van der Waals surface area contributed by atoms with Gasteiger partial charge in [-0.05, 0) is 18.1 Å². The van der Waals surface area contributed by atoms with Crippen molar-refractivity contribution in [2.24, 2.45) is 0 Å². The fraction of sp³-hybridized carbons (Fsp3) is 0.409. The van der Waals surface area contributed by atoms with Gasteiger partial charge in [0.1, 0.15) is 48.6 Å². The van der Waals surface area contributed by atoms with E-state index in [2.05, 4.69) is 21.5 Å². The largest absolute Gasteiger partial charge is 0.491 e. The number of fused-ring (bicyclic) bond motifs is 1. The van der Waals surface area contributed by atoms with Gasteiger partial charge in [-0.15, -0.1) is 6.58 Å². The van der Waals surface area contributed by atoms with Crippen molar-refractivity contribution >= 4 is 17.0 Å². The van der Waals surface area contributed by atoms with E-state index in [0.29, 0.717) is 23.3 Å². The molecule has 1 aliphatic heterocycles. The second-order valence-corrected chi connectivity index (χ2v) is 7.73. The lowest BCUT2D eigenvalue weighted by Crippen LogP contribution is -2.35. The molecule has 1 saturated heterocycles. The lowest BCUT2D eigenvalue weighted by atomic mass is 10.1. The van der Waals surface area contributed by atoms with Gasteiger partial charge in [-0.2, -0.15) is 0 Å². The molecule has 11 heteroatoms. The van der Waals surface area contributed by atoms with Crippen molar-refractivity contribution in [1.29, 1.82) is 0 Å². The van der Waals surface area contributed by atoms with Crippen LogP contribution in [0.15, 0.2) is 49.6 Å². The van der Waals surface area contributed by atoms with E-state index in [1.165, 1.54) is 17.2 Å². The molecule has 11 nitrogen and oxygen atoms in total. The number of nitrogen functional groups attached to an aromatic ring is 1. The number of nitrogens with two attached hydrogens (primary N) is 1. The van der Waals surface area contributed by atoms with E-state index >= 15 is 0 Å². The summed E-state index contributed by atoms with van der Waals surface area (Å²) in [4.78, 5) is 12.2. The standard InChI is InChI=1S/C22H27N5O6/c1-2-5-13-6-3-4-7-15(13)32-9-14(28)8-31-10-16-18(29)19(30)22(33-16)27-12-26-17-20(23)24-11-25-21(17)27/h2-4,6-7,11-12,14,16,18-19,22,28-30H,1,5,8-10H2,(H2,23,24,25)/t14?,16-,18-,19-,22-/m1/s1. The minimum Gasteiger partial charge on any atom is -0.491 e. The number of aliphatic hydroxyl groups is 3. The van der Waals surface area contributed by atoms with E-state index in [9.17, 15) is 15.3 Å². The Morgan fingerprint density at radius 3 is 2.82 bits per heavy atom. The lowest BCUT2D eigenvalue weighted by Gasteiger charge is -2.18.